The zero-order chi connectivity index (χ0) is 14.1. The molecule has 20 heavy (non-hydrogen) atoms. The number of hydrogen-bond donors (Lipinski definition) is 1. The van der Waals surface area contributed by atoms with Crippen molar-refractivity contribution < 1.29 is 5.11 Å². The summed E-state index contributed by atoms with van der Waals surface area (Å²) in [6, 6.07) is 6.03. The second-order valence-electron chi connectivity index (χ2n) is 6.44. The number of phenolic OH excluding ortho intramolecular Hbond substituents is 1. The minimum atomic E-state index is 0.426. The Bertz CT molecular complexity index is 463. The zero-order valence-electron chi connectivity index (χ0n) is 12.5. The van der Waals surface area contributed by atoms with Crippen LogP contribution >= 0.6 is 0 Å². The molecule has 0 saturated carbocycles. The van der Waals surface area contributed by atoms with E-state index in [9.17, 15) is 5.11 Å². The van der Waals surface area contributed by atoms with Gasteiger partial charge in [0.1, 0.15) is 5.75 Å². The summed E-state index contributed by atoms with van der Waals surface area (Å²) in [5, 5.41) is 10.1. The van der Waals surface area contributed by atoms with Crippen LogP contribution in [-0.2, 0) is 6.54 Å². The Labute approximate surface area is 121 Å². The highest BCUT2D eigenvalue weighted by molar-refractivity contribution is 5.37. The van der Waals surface area contributed by atoms with Gasteiger partial charge in [-0.1, -0.05) is 26.0 Å². The average Bonchev–Trinajstić information content (AvgIpc) is 2.40. The van der Waals surface area contributed by atoms with Crippen molar-refractivity contribution in [1.29, 1.82) is 0 Å². The van der Waals surface area contributed by atoms with Crippen LogP contribution in [0.15, 0.2) is 18.2 Å². The van der Waals surface area contributed by atoms with Crippen molar-refractivity contribution >= 4 is 0 Å². The quantitative estimate of drug-likeness (QED) is 0.916. The average molecular weight is 275 g/mol. The number of rotatable bonds is 3. The molecule has 1 aromatic carbocycles. The molecule has 2 aliphatic rings. The van der Waals surface area contributed by atoms with Gasteiger partial charge in [0.15, 0.2) is 0 Å². The van der Waals surface area contributed by atoms with Crippen molar-refractivity contribution in [1.82, 2.24) is 14.7 Å². The highest BCUT2D eigenvalue weighted by atomic mass is 16.3. The molecule has 1 N–H and O–H groups in total. The van der Waals surface area contributed by atoms with E-state index in [2.05, 4.69) is 34.6 Å². The van der Waals surface area contributed by atoms with Crippen LogP contribution < -0.4 is 0 Å². The number of aromatic hydroxyl groups is 1. The Morgan fingerprint density at radius 3 is 2.45 bits per heavy atom. The molecule has 3 rings (SSSR count). The van der Waals surface area contributed by atoms with E-state index in [1.807, 2.05) is 12.1 Å². The molecule has 2 atom stereocenters. The second-order valence-corrected chi connectivity index (χ2v) is 6.44. The van der Waals surface area contributed by atoms with Gasteiger partial charge >= 0.3 is 0 Å². The smallest absolute Gasteiger partial charge is 0.120 e. The third-order valence-corrected chi connectivity index (χ3v) is 4.31. The lowest BCUT2D eigenvalue weighted by Crippen LogP contribution is -2.57. The van der Waals surface area contributed by atoms with Crippen molar-refractivity contribution in [3.63, 3.8) is 0 Å². The third kappa shape index (κ3) is 2.97. The SMILES string of the molecule is CC(C)c1ccc(O)c(CN2CN3CCCN(C3)C2)c1. The number of hydrogen-bond acceptors (Lipinski definition) is 4. The third-order valence-electron chi connectivity index (χ3n) is 4.31. The van der Waals surface area contributed by atoms with Crippen LogP contribution in [-0.4, -0.2) is 52.9 Å². The fourth-order valence-corrected chi connectivity index (χ4v) is 3.22. The molecule has 2 aliphatic heterocycles. The van der Waals surface area contributed by atoms with Crippen LogP contribution in [0.3, 0.4) is 0 Å². The number of phenols is 1. The van der Waals surface area contributed by atoms with Crippen molar-refractivity contribution in [2.75, 3.05) is 33.1 Å². The van der Waals surface area contributed by atoms with Gasteiger partial charge in [-0.2, -0.15) is 0 Å². The fraction of sp³-hybridized carbons (Fsp3) is 0.625. The van der Waals surface area contributed by atoms with Gasteiger partial charge in [0, 0.05) is 25.2 Å². The fourth-order valence-electron chi connectivity index (χ4n) is 3.22. The van der Waals surface area contributed by atoms with E-state index in [1.54, 1.807) is 0 Å². The van der Waals surface area contributed by atoms with E-state index >= 15 is 0 Å². The molecule has 4 heteroatoms. The molecule has 0 aliphatic carbocycles. The molecule has 0 aromatic heterocycles. The monoisotopic (exact) mass is 275 g/mol. The van der Waals surface area contributed by atoms with Gasteiger partial charge in [-0.25, -0.2) is 0 Å². The van der Waals surface area contributed by atoms with Crippen molar-refractivity contribution in [3.05, 3.63) is 29.3 Å². The highest BCUT2D eigenvalue weighted by Crippen LogP contribution is 2.25. The number of nitrogens with zero attached hydrogens (tertiary/aromatic N) is 3. The maximum Gasteiger partial charge on any atom is 0.120 e. The Kier molecular flexibility index (Phi) is 3.96. The summed E-state index contributed by atoms with van der Waals surface area (Å²) >= 11 is 0. The summed E-state index contributed by atoms with van der Waals surface area (Å²) in [5.74, 6) is 0.928. The molecule has 2 unspecified atom stereocenters. The van der Waals surface area contributed by atoms with Gasteiger partial charge in [0.25, 0.3) is 0 Å². The zero-order valence-corrected chi connectivity index (χ0v) is 12.5. The molecule has 0 spiro atoms. The second kappa shape index (κ2) is 5.72. The first-order valence-corrected chi connectivity index (χ1v) is 7.60. The predicted molar refractivity (Wildman–Crippen MR) is 80.4 cm³/mol. The summed E-state index contributed by atoms with van der Waals surface area (Å²) in [6.07, 6.45) is 1.28. The van der Waals surface area contributed by atoms with Crippen molar-refractivity contribution in [3.8, 4) is 5.75 Å². The maximum atomic E-state index is 10.1. The molecule has 2 saturated heterocycles. The number of fused-ring (bicyclic) bond motifs is 2. The minimum absolute atomic E-state index is 0.426. The Balaban J connectivity index is 1.72. The maximum absolute atomic E-state index is 10.1. The van der Waals surface area contributed by atoms with Gasteiger partial charge in [-0.3, -0.25) is 14.7 Å². The minimum Gasteiger partial charge on any atom is -0.508 e. The topological polar surface area (TPSA) is 30.0 Å². The molecular weight excluding hydrogens is 250 g/mol. The van der Waals surface area contributed by atoms with Gasteiger partial charge in [0.2, 0.25) is 0 Å². The number of benzene rings is 1. The van der Waals surface area contributed by atoms with Gasteiger partial charge in [0.05, 0.1) is 20.0 Å². The van der Waals surface area contributed by atoms with E-state index in [0.29, 0.717) is 11.7 Å². The van der Waals surface area contributed by atoms with E-state index in [0.717, 1.165) is 32.1 Å². The van der Waals surface area contributed by atoms with Crippen molar-refractivity contribution in [2.24, 2.45) is 0 Å². The van der Waals surface area contributed by atoms with Gasteiger partial charge < -0.3 is 5.11 Å². The standard InChI is InChI=1S/C16H25N3O/c1-13(2)14-4-5-16(20)15(8-14)9-19-11-17-6-3-7-18(10-17)12-19/h4-5,8,13,20H,3,6-7,9-12H2,1-2H3. The summed E-state index contributed by atoms with van der Waals surface area (Å²) in [5.41, 5.74) is 2.36. The van der Waals surface area contributed by atoms with Crippen LogP contribution in [0.25, 0.3) is 0 Å². The Hall–Kier alpha value is -1.10. The normalized spacial score (nSPS) is 26.9. The summed E-state index contributed by atoms with van der Waals surface area (Å²) < 4.78 is 0. The van der Waals surface area contributed by atoms with E-state index < -0.39 is 0 Å². The summed E-state index contributed by atoms with van der Waals surface area (Å²) in [6.45, 7) is 10.8. The van der Waals surface area contributed by atoms with Crippen molar-refractivity contribution in [2.45, 2.75) is 32.7 Å². The van der Waals surface area contributed by atoms with E-state index in [-0.39, 0.29) is 0 Å². The van der Waals surface area contributed by atoms with Crippen LogP contribution in [0.1, 0.15) is 37.3 Å². The molecule has 2 bridgehead atoms. The molecule has 0 amide bonds. The summed E-state index contributed by atoms with van der Waals surface area (Å²) in [7, 11) is 0. The first kappa shape index (κ1) is 13.9. The van der Waals surface area contributed by atoms with Gasteiger partial charge in [-0.15, -0.1) is 0 Å². The first-order chi connectivity index (χ1) is 9.61. The van der Waals surface area contributed by atoms with E-state index in [4.69, 9.17) is 0 Å². The molecule has 0 radical (unpaired) electrons. The molecule has 110 valence electrons. The first-order valence-electron chi connectivity index (χ1n) is 7.60. The molecule has 1 aromatic rings. The van der Waals surface area contributed by atoms with Gasteiger partial charge in [-0.05, 0) is 24.0 Å². The molecular formula is C16H25N3O. The lowest BCUT2D eigenvalue weighted by Gasteiger charge is -2.45. The molecule has 2 fully saturated rings. The Morgan fingerprint density at radius 1 is 1.10 bits per heavy atom. The predicted octanol–water partition coefficient (Wildman–Crippen LogP) is 2.21. The summed E-state index contributed by atoms with van der Waals surface area (Å²) in [4.78, 5) is 7.38. The van der Waals surface area contributed by atoms with E-state index in [1.165, 1.54) is 25.1 Å². The molecule has 2 heterocycles. The van der Waals surface area contributed by atoms with Crippen LogP contribution in [0.4, 0.5) is 0 Å². The lowest BCUT2D eigenvalue weighted by molar-refractivity contribution is -0.0593. The van der Waals surface area contributed by atoms with Crippen LogP contribution in [0.2, 0.25) is 0 Å². The van der Waals surface area contributed by atoms with Crippen LogP contribution in [0, 0.1) is 0 Å². The lowest BCUT2D eigenvalue weighted by atomic mass is 10.00. The highest BCUT2D eigenvalue weighted by Gasteiger charge is 2.26. The largest absolute Gasteiger partial charge is 0.508 e. The Morgan fingerprint density at radius 2 is 1.80 bits per heavy atom. The van der Waals surface area contributed by atoms with Crippen LogP contribution in [0.5, 0.6) is 5.75 Å². The molecule has 4 nitrogen and oxygen atoms in total.